The molecule has 0 spiro atoms. The van der Waals surface area contributed by atoms with E-state index in [9.17, 15) is 4.79 Å². The first-order valence-electron chi connectivity index (χ1n) is 9.08. The fraction of sp³-hybridized carbons (Fsp3) is 0.368. The van der Waals surface area contributed by atoms with E-state index in [0.29, 0.717) is 18.9 Å². The molecule has 1 aliphatic heterocycles. The molecule has 0 aliphatic carbocycles. The average molecular weight is 429 g/mol. The summed E-state index contributed by atoms with van der Waals surface area (Å²) in [6.45, 7) is 6.91. The van der Waals surface area contributed by atoms with Crippen LogP contribution in [0.25, 0.3) is 5.78 Å². The number of benzene rings is 1. The van der Waals surface area contributed by atoms with Gasteiger partial charge in [0.2, 0.25) is 0 Å². The predicted octanol–water partition coefficient (Wildman–Crippen LogP) is 2.72. The number of rotatable bonds is 3. The van der Waals surface area contributed by atoms with Gasteiger partial charge in [-0.25, -0.2) is 0 Å². The highest BCUT2D eigenvalue weighted by molar-refractivity contribution is 9.10. The summed E-state index contributed by atoms with van der Waals surface area (Å²) in [4.78, 5) is 21.5. The highest BCUT2D eigenvalue weighted by Crippen LogP contribution is 2.20. The minimum Gasteiger partial charge on any atom is -0.353 e. The first kappa shape index (κ1) is 17.9. The van der Waals surface area contributed by atoms with Crippen molar-refractivity contribution in [1.82, 2.24) is 24.5 Å². The molecule has 1 aromatic carbocycles. The summed E-state index contributed by atoms with van der Waals surface area (Å²) < 4.78 is 2.97. The Balaban J connectivity index is 1.50. The van der Waals surface area contributed by atoms with Gasteiger partial charge in [0.15, 0.2) is 0 Å². The van der Waals surface area contributed by atoms with Crippen LogP contribution in [0.3, 0.4) is 0 Å². The van der Waals surface area contributed by atoms with E-state index in [1.54, 1.807) is 0 Å². The van der Waals surface area contributed by atoms with E-state index < -0.39 is 0 Å². The molecule has 3 heterocycles. The van der Waals surface area contributed by atoms with Crippen LogP contribution in [0.2, 0.25) is 0 Å². The predicted molar refractivity (Wildman–Crippen MR) is 107 cm³/mol. The summed E-state index contributed by atoms with van der Waals surface area (Å²) in [5, 5.41) is 8.32. The largest absolute Gasteiger partial charge is 0.353 e. The van der Waals surface area contributed by atoms with Crippen molar-refractivity contribution in [3.05, 3.63) is 51.9 Å². The van der Waals surface area contributed by atoms with Crippen molar-refractivity contribution in [1.29, 1.82) is 0 Å². The molecular weight excluding hydrogens is 408 g/mol. The van der Waals surface area contributed by atoms with Crippen LogP contribution in [0.1, 0.15) is 28.8 Å². The monoisotopic (exact) mass is 428 g/mol. The molecule has 1 amide bonds. The van der Waals surface area contributed by atoms with Crippen molar-refractivity contribution in [3.63, 3.8) is 0 Å². The van der Waals surface area contributed by atoms with Crippen LogP contribution >= 0.6 is 15.9 Å². The van der Waals surface area contributed by atoms with Crippen LogP contribution in [0.4, 0.5) is 5.82 Å². The third kappa shape index (κ3) is 3.41. The van der Waals surface area contributed by atoms with Gasteiger partial charge in [0.1, 0.15) is 11.6 Å². The van der Waals surface area contributed by atoms with Crippen LogP contribution in [0, 0.1) is 6.92 Å². The molecule has 140 valence electrons. The summed E-state index contributed by atoms with van der Waals surface area (Å²) in [7, 11) is 0. The molecule has 8 heteroatoms. The van der Waals surface area contributed by atoms with Gasteiger partial charge in [-0.2, -0.15) is 4.98 Å². The van der Waals surface area contributed by atoms with Crippen molar-refractivity contribution in [3.8, 4) is 0 Å². The van der Waals surface area contributed by atoms with Crippen LogP contribution in [-0.4, -0.2) is 56.6 Å². The first-order valence-corrected chi connectivity index (χ1v) is 9.87. The van der Waals surface area contributed by atoms with Gasteiger partial charge in [0.25, 0.3) is 11.7 Å². The van der Waals surface area contributed by atoms with Gasteiger partial charge in [-0.3, -0.25) is 9.20 Å². The van der Waals surface area contributed by atoms with E-state index in [-0.39, 0.29) is 5.91 Å². The van der Waals surface area contributed by atoms with E-state index in [4.69, 9.17) is 0 Å². The highest BCUT2D eigenvalue weighted by atomic mass is 79.9. The minimum absolute atomic E-state index is 0.0768. The Morgan fingerprint density at radius 2 is 1.81 bits per heavy atom. The zero-order valence-corrected chi connectivity index (χ0v) is 17.0. The van der Waals surface area contributed by atoms with E-state index in [1.165, 1.54) is 0 Å². The number of amides is 1. The lowest BCUT2D eigenvalue weighted by molar-refractivity contribution is 0.0746. The van der Waals surface area contributed by atoms with Crippen molar-refractivity contribution < 1.29 is 4.79 Å². The maximum absolute atomic E-state index is 12.7. The summed E-state index contributed by atoms with van der Waals surface area (Å²) in [6, 6.07) is 9.62. The lowest BCUT2D eigenvalue weighted by atomic mass is 10.2. The van der Waals surface area contributed by atoms with Crippen LogP contribution in [-0.2, 0) is 6.42 Å². The second-order valence-electron chi connectivity index (χ2n) is 6.63. The van der Waals surface area contributed by atoms with Crippen molar-refractivity contribution >= 4 is 33.4 Å². The Labute approximate surface area is 166 Å². The minimum atomic E-state index is 0.0768. The third-order valence-corrected chi connectivity index (χ3v) is 5.48. The van der Waals surface area contributed by atoms with Gasteiger partial charge in [0.05, 0.1) is 0 Å². The SMILES string of the molecule is CCc1cc(N2CCN(C(=O)c3ccc(Br)cc3)CC2)nc2nnc(C)n12. The second-order valence-corrected chi connectivity index (χ2v) is 7.54. The van der Waals surface area contributed by atoms with E-state index in [2.05, 4.69) is 49.0 Å². The number of halogens is 1. The Morgan fingerprint density at radius 1 is 1.11 bits per heavy atom. The maximum atomic E-state index is 12.7. The number of aromatic nitrogens is 4. The van der Waals surface area contributed by atoms with Gasteiger partial charge < -0.3 is 9.80 Å². The van der Waals surface area contributed by atoms with Crippen LogP contribution in [0.5, 0.6) is 0 Å². The Bertz CT molecular complexity index is 976. The summed E-state index contributed by atoms with van der Waals surface area (Å²) in [5.74, 6) is 2.47. The van der Waals surface area contributed by atoms with Gasteiger partial charge in [0, 0.05) is 48.0 Å². The smallest absolute Gasteiger partial charge is 0.257 e. The molecule has 0 N–H and O–H groups in total. The zero-order valence-electron chi connectivity index (χ0n) is 15.4. The highest BCUT2D eigenvalue weighted by Gasteiger charge is 2.24. The van der Waals surface area contributed by atoms with Gasteiger partial charge in [-0.05, 0) is 37.6 Å². The van der Waals surface area contributed by atoms with Gasteiger partial charge in [-0.1, -0.05) is 22.9 Å². The lowest BCUT2D eigenvalue weighted by Crippen LogP contribution is -2.49. The van der Waals surface area contributed by atoms with E-state index in [1.807, 2.05) is 40.5 Å². The molecule has 27 heavy (non-hydrogen) atoms. The lowest BCUT2D eigenvalue weighted by Gasteiger charge is -2.35. The summed E-state index contributed by atoms with van der Waals surface area (Å²) >= 11 is 3.40. The molecule has 1 aliphatic rings. The second kappa shape index (κ2) is 7.26. The van der Waals surface area contributed by atoms with Crippen LogP contribution < -0.4 is 4.90 Å². The molecule has 1 saturated heterocycles. The Morgan fingerprint density at radius 3 is 2.48 bits per heavy atom. The van der Waals surface area contributed by atoms with Crippen molar-refractivity contribution in [2.24, 2.45) is 0 Å². The molecule has 0 saturated carbocycles. The molecule has 2 aromatic heterocycles. The topological polar surface area (TPSA) is 66.6 Å². The first-order chi connectivity index (χ1) is 13.1. The normalized spacial score (nSPS) is 14.8. The number of aryl methyl sites for hydroxylation is 2. The fourth-order valence-electron chi connectivity index (χ4n) is 3.44. The maximum Gasteiger partial charge on any atom is 0.257 e. The molecule has 0 atom stereocenters. The average Bonchev–Trinajstić information content (AvgIpc) is 3.08. The fourth-order valence-corrected chi connectivity index (χ4v) is 3.71. The molecular formula is C19H21BrN6O. The van der Waals surface area contributed by atoms with Crippen LogP contribution in [0.15, 0.2) is 34.8 Å². The number of anilines is 1. The molecule has 4 rings (SSSR count). The van der Waals surface area contributed by atoms with E-state index >= 15 is 0 Å². The number of hydrogen-bond donors (Lipinski definition) is 0. The number of hydrogen-bond acceptors (Lipinski definition) is 5. The standard InChI is InChI=1S/C19H21BrN6O/c1-3-16-12-17(21-19-23-22-13(2)26(16)19)24-8-10-25(11-9-24)18(27)14-4-6-15(20)7-5-14/h4-7,12H,3,8-11H2,1-2H3. The number of fused-ring (bicyclic) bond motifs is 1. The van der Waals surface area contributed by atoms with Gasteiger partial charge >= 0.3 is 0 Å². The molecule has 0 unspecified atom stereocenters. The van der Waals surface area contributed by atoms with E-state index in [0.717, 1.165) is 46.9 Å². The summed E-state index contributed by atoms with van der Waals surface area (Å²) in [6.07, 6.45) is 0.882. The third-order valence-electron chi connectivity index (χ3n) is 4.95. The quantitative estimate of drug-likeness (QED) is 0.641. The summed E-state index contributed by atoms with van der Waals surface area (Å²) in [5.41, 5.74) is 1.87. The van der Waals surface area contributed by atoms with Crippen molar-refractivity contribution in [2.45, 2.75) is 20.3 Å². The van der Waals surface area contributed by atoms with Gasteiger partial charge in [-0.15, -0.1) is 10.2 Å². The number of piperazine rings is 1. The number of carbonyl (C=O) groups excluding carboxylic acids is 1. The Hall–Kier alpha value is -2.48. The van der Waals surface area contributed by atoms with Crippen molar-refractivity contribution in [2.75, 3.05) is 31.1 Å². The molecule has 7 nitrogen and oxygen atoms in total. The Kier molecular flexibility index (Phi) is 4.82. The molecule has 1 fully saturated rings. The molecule has 0 radical (unpaired) electrons. The number of carbonyl (C=O) groups is 1. The molecule has 3 aromatic rings. The number of nitrogens with zero attached hydrogens (tertiary/aromatic N) is 6. The molecule has 0 bridgehead atoms. The zero-order chi connectivity index (χ0) is 19.0.